The first kappa shape index (κ1) is 19.8. The lowest BCUT2D eigenvalue weighted by atomic mass is 9.96. The van der Waals surface area contributed by atoms with E-state index in [-0.39, 0.29) is 0 Å². The fourth-order valence-electron chi connectivity index (χ4n) is 2.56. The molecule has 0 unspecified atom stereocenters. The van der Waals surface area contributed by atoms with Gasteiger partial charge in [0.1, 0.15) is 24.4 Å². The third kappa shape index (κ3) is 4.97. The zero-order valence-corrected chi connectivity index (χ0v) is 14.5. The molecular formula is C15H21NO8S. The van der Waals surface area contributed by atoms with Crippen LogP contribution in [0.4, 0.5) is 0 Å². The summed E-state index contributed by atoms with van der Waals surface area (Å²) in [6, 6.07) is 7.09. The van der Waals surface area contributed by atoms with E-state index >= 15 is 0 Å². The van der Waals surface area contributed by atoms with Crippen molar-refractivity contribution in [3.63, 3.8) is 0 Å². The average molecular weight is 375 g/mol. The van der Waals surface area contributed by atoms with Crippen molar-refractivity contribution in [1.29, 1.82) is 0 Å². The molecule has 3 N–H and O–H groups in total. The number of aliphatic hydroxyl groups is 2. The van der Waals surface area contributed by atoms with Gasteiger partial charge in [0.05, 0.1) is 12.9 Å². The molecule has 1 saturated heterocycles. The second-order valence-electron chi connectivity index (χ2n) is 5.58. The van der Waals surface area contributed by atoms with E-state index in [9.17, 15) is 23.4 Å². The molecule has 5 atom stereocenters. The molecule has 140 valence electrons. The summed E-state index contributed by atoms with van der Waals surface area (Å²) in [4.78, 5) is 12.4. The van der Waals surface area contributed by atoms with Gasteiger partial charge in [-0.15, -0.1) is 0 Å². The van der Waals surface area contributed by atoms with Gasteiger partial charge in [0.2, 0.25) is 0 Å². The number of carbonyl (C=O) groups is 1. The molecule has 1 heterocycles. The van der Waals surface area contributed by atoms with Crippen LogP contribution in [0.2, 0.25) is 0 Å². The minimum Gasteiger partial charge on any atom is -0.394 e. The number of hydrogen-bond donors (Lipinski definition) is 3. The molecule has 1 aliphatic rings. The monoisotopic (exact) mass is 375 g/mol. The van der Waals surface area contributed by atoms with E-state index in [1.165, 1.54) is 7.11 Å². The van der Waals surface area contributed by atoms with Crippen LogP contribution in [0.1, 0.15) is 10.4 Å². The van der Waals surface area contributed by atoms with Crippen molar-refractivity contribution < 1.29 is 37.1 Å². The Morgan fingerprint density at radius 3 is 2.48 bits per heavy atom. The van der Waals surface area contributed by atoms with Crippen molar-refractivity contribution in [1.82, 2.24) is 5.32 Å². The molecule has 1 fully saturated rings. The van der Waals surface area contributed by atoms with Crippen LogP contribution < -0.4 is 5.32 Å². The number of carbonyl (C=O) groups excluding carboxylic acids is 1. The highest BCUT2D eigenvalue weighted by Gasteiger charge is 2.48. The molecule has 9 nitrogen and oxygen atoms in total. The highest BCUT2D eigenvalue weighted by atomic mass is 32.2. The molecule has 0 saturated carbocycles. The van der Waals surface area contributed by atoms with Crippen molar-refractivity contribution >= 4 is 16.0 Å². The van der Waals surface area contributed by atoms with Gasteiger partial charge in [0.25, 0.3) is 16.0 Å². The van der Waals surface area contributed by atoms with E-state index in [1.54, 1.807) is 30.3 Å². The van der Waals surface area contributed by atoms with Gasteiger partial charge in [0.15, 0.2) is 6.29 Å². The lowest BCUT2D eigenvalue weighted by Gasteiger charge is -2.43. The Hall–Kier alpha value is -1.56. The highest BCUT2D eigenvalue weighted by Crippen LogP contribution is 2.25. The Balaban J connectivity index is 2.29. The lowest BCUT2D eigenvalue weighted by molar-refractivity contribution is -0.256. The van der Waals surface area contributed by atoms with Crippen molar-refractivity contribution in [2.24, 2.45) is 0 Å². The lowest BCUT2D eigenvalue weighted by Crippen LogP contribution is -2.65. The fourth-order valence-corrected chi connectivity index (χ4v) is 3.20. The van der Waals surface area contributed by atoms with Gasteiger partial charge in [-0.05, 0) is 12.1 Å². The van der Waals surface area contributed by atoms with Crippen LogP contribution in [0.3, 0.4) is 0 Å². The maximum Gasteiger partial charge on any atom is 0.264 e. The maximum absolute atomic E-state index is 12.4. The quantitative estimate of drug-likeness (QED) is 0.532. The zero-order valence-electron chi connectivity index (χ0n) is 13.7. The van der Waals surface area contributed by atoms with E-state index in [2.05, 4.69) is 5.32 Å². The first-order valence-corrected chi connectivity index (χ1v) is 9.30. The number of benzene rings is 1. The Morgan fingerprint density at radius 2 is 1.96 bits per heavy atom. The molecule has 25 heavy (non-hydrogen) atoms. The summed E-state index contributed by atoms with van der Waals surface area (Å²) >= 11 is 0. The number of amides is 1. The largest absolute Gasteiger partial charge is 0.394 e. The SMILES string of the molecule is CO[C@H]1O[C@@H](CO)[C@@H](O)[C@@H](OS(C)(=O)=O)[C@@H]1NC(=O)c1ccccc1. The predicted molar refractivity (Wildman–Crippen MR) is 86.2 cm³/mol. The van der Waals surface area contributed by atoms with Crippen molar-refractivity contribution in [3.8, 4) is 0 Å². The van der Waals surface area contributed by atoms with Crippen LogP contribution in [-0.4, -0.2) is 75.2 Å². The number of hydrogen-bond acceptors (Lipinski definition) is 8. The molecule has 1 aliphatic heterocycles. The minimum atomic E-state index is -3.96. The highest BCUT2D eigenvalue weighted by molar-refractivity contribution is 7.86. The Bertz CT molecular complexity index is 680. The van der Waals surface area contributed by atoms with Crippen LogP contribution >= 0.6 is 0 Å². The van der Waals surface area contributed by atoms with Gasteiger partial charge in [-0.25, -0.2) is 0 Å². The molecule has 1 aromatic rings. The molecular weight excluding hydrogens is 354 g/mol. The Labute approximate surface area is 145 Å². The third-order valence-electron chi connectivity index (χ3n) is 3.71. The molecule has 10 heteroatoms. The summed E-state index contributed by atoms with van der Waals surface area (Å²) in [5.74, 6) is -0.520. The van der Waals surface area contributed by atoms with Crippen LogP contribution in [0.5, 0.6) is 0 Å². The summed E-state index contributed by atoms with van der Waals surface area (Å²) in [6.07, 6.45) is -4.31. The molecule has 1 aromatic carbocycles. The summed E-state index contributed by atoms with van der Waals surface area (Å²) in [7, 11) is -2.67. The van der Waals surface area contributed by atoms with Gasteiger partial charge >= 0.3 is 0 Å². The van der Waals surface area contributed by atoms with E-state index in [1.807, 2.05) is 0 Å². The number of methoxy groups -OCH3 is 1. The van der Waals surface area contributed by atoms with E-state index in [0.29, 0.717) is 5.56 Å². The number of rotatable bonds is 6. The number of nitrogens with one attached hydrogen (secondary N) is 1. The molecule has 0 bridgehead atoms. The second-order valence-corrected chi connectivity index (χ2v) is 7.18. The van der Waals surface area contributed by atoms with Crippen molar-refractivity contribution in [2.45, 2.75) is 30.6 Å². The van der Waals surface area contributed by atoms with E-state index < -0.39 is 53.3 Å². The van der Waals surface area contributed by atoms with Gasteiger partial charge in [-0.1, -0.05) is 18.2 Å². The van der Waals surface area contributed by atoms with Gasteiger partial charge < -0.3 is 25.0 Å². The van der Waals surface area contributed by atoms with E-state index in [0.717, 1.165) is 6.26 Å². The maximum atomic E-state index is 12.4. The summed E-state index contributed by atoms with van der Waals surface area (Å²) in [5, 5.41) is 22.1. The summed E-state index contributed by atoms with van der Waals surface area (Å²) in [6.45, 7) is -0.579. The Kier molecular flexibility index (Phi) is 6.49. The molecule has 0 radical (unpaired) electrons. The second kappa shape index (κ2) is 8.21. The van der Waals surface area contributed by atoms with Crippen molar-refractivity contribution in [2.75, 3.05) is 20.0 Å². The normalized spacial score (nSPS) is 30.0. The average Bonchev–Trinajstić information content (AvgIpc) is 2.58. The topological polar surface area (TPSA) is 131 Å². The first-order valence-electron chi connectivity index (χ1n) is 7.48. The predicted octanol–water partition coefficient (Wildman–Crippen LogP) is -1.15. The molecule has 2 rings (SSSR count). The summed E-state index contributed by atoms with van der Waals surface area (Å²) in [5.41, 5.74) is 0.328. The third-order valence-corrected chi connectivity index (χ3v) is 4.28. The fraction of sp³-hybridized carbons (Fsp3) is 0.533. The van der Waals surface area contributed by atoms with Gasteiger partial charge in [0, 0.05) is 12.7 Å². The Morgan fingerprint density at radius 1 is 1.32 bits per heavy atom. The number of ether oxygens (including phenoxy) is 2. The molecule has 0 aliphatic carbocycles. The van der Waals surface area contributed by atoms with Crippen LogP contribution in [0, 0.1) is 0 Å². The molecule has 0 aromatic heterocycles. The smallest absolute Gasteiger partial charge is 0.264 e. The van der Waals surface area contributed by atoms with Crippen LogP contribution in [0.15, 0.2) is 30.3 Å². The first-order chi connectivity index (χ1) is 11.8. The number of aliphatic hydroxyl groups excluding tert-OH is 2. The summed E-state index contributed by atoms with van der Waals surface area (Å²) < 4.78 is 38.5. The zero-order chi connectivity index (χ0) is 18.6. The standard InChI is InChI=1S/C15H21NO8S/c1-22-15-11(16-14(19)9-6-4-3-5-7-9)13(24-25(2,20)21)12(18)10(8-17)23-15/h3-7,10-13,15,17-18H,8H2,1-2H3,(H,16,19)/t10-,11-,12+,13-,15-/m0/s1. The van der Waals surface area contributed by atoms with Crippen LogP contribution in [-0.2, 0) is 23.8 Å². The molecule has 0 spiro atoms. The minimum absolute atomic E-state index is 0.328. The van der Waals surface area contributed by atoms with Crippen LogP contribution in [0.25, 0.3) is 0 Å². The van der Waals surface area contributed by atoms with E-state index in [4.69, 9.17) is 13.7 Å². The van der Waals surface area contributed by atoms with Crippen molar-refractivity contribution in [3.05, 3.63) is 35.9 Å². The van der Waals surface area contributed by atoms with Gasteiger partial charge in [-0.2, -0.15) is 8.42 Å². The van der Waals surface area contributed by atoms with Gasteiger partial charge in [-0.3, -0.25) is 8.98 Å². The molecule has 1 amide bonds.